The second-order valence-corrected chi connectivity index (χ2v) is 5.53. The van der Waals surface area contributed by atoms with E-state index in [0.717, 1.165) is 19.3 Å². The normalized spacial score (nSPS) is 28.1. The molecule has 5 nitrogen and oxygen atoms in total. The van der Waals surface area contributed by atoms with Crippen LogP contribution in [0.3, 0.4) is 0 Å². The molecule has 1 amide bonds. The van der Waals surface area contributed by atoms with Gasteiger partial charge in [0.2, 0.25) is 0 Å². The summed E-state index contributed by atoms with van der Waals surface area (Å²) in [5.74, 6) is 0.545. The molecule has 2 rings (SSSR count). The number of nitrogens with one attached hydrogen (secondary N) is 1. The third kappa shape index (κ3) is 2.56. The van der Waals surface area contributed by atoms with E-state index in [2.05, 4.69) is 17.2 Å². The van der Waals surface area contributed by atoms with Crippen molar-refractivity contribution < 1.29 is 4.79 Å². The van der Waals surface area contributed by atoms with E-state index in [0.29, 0.717) is 18.2 Å². The summed E-state index contributed by atoms with van der Waals surface area (Å²) in [5, 5.41) is 3.13. The summed E-state index contributed by atoms with van der Waals surface area (Å²) in [6.45, 7) is 2.72. The third-order valence-electron chi connectivity index (χ3n) is 3.91. The number of amides is 1. The Balaban J connectivity index is 2.11. The molecule has 1 fully saturated rings. The molecule has 2 unspecified atom stereocenters. The molecule has 1 heterocycles. The molecule has 0 aromatic carbocycles. The Hall–Kier alpha value is -1.36. The van der Waals surface area contributed by atoms with Crippen molar-refractivity contribution in [3.05, 3.63) is 18.2 Å². The molecule has 1 aromatic rings. The maximum Gasteiger partial charge on any atom is 0.270 e. The van der Waals surface area contributed by atoms with Crippen LogP contribution in [0.2, 0.25) is 0 Å². The van der Waals surface area contributed by atoms with E-state index < -0.39 is 0 Å². The van der Waals surface area contributed by atoms with E-state index in [1.807, 2.05) is 7.05 Å². The van der Waals surface area contributed by atoms with Crippen LogP contribution in [0.25, 0.3) is 0 Å². The van der Waals surface area contributed by atoms with Crippen molar-refractivity contribution in [2.45, 2.75) is 38.1 Å². The molecule has 18 heavy (non-hydrogen) atoms. The van der Waals surface area contributed by atoms with Crippen LogP contribution in [-0.4, -0.2) is 27.5 Å². The number of aromatic nitrogens is 2. The number of carbonyl (C=O) groups is 1. The standard InChI is InChI=1S/C13H22N4O/c1-10-4-3-5-13(6-10,8-14)16-12(18)11-7-15-9-17(11)2/h7,9-10H,3-6,8,14H2,1-2H3,(H,16,18). The highest BCUT2D eigenvalue weighted by Gasteiger charge is 2.35. The zero-order valence-corrected chi connectivity index (χ0v) is 11.1. The van der Waals surface area contributed by atoms with Gasteiger partial charge in [0.05, 0.1) is 18.1 Å². The molecule has 0 aliphatic heterocycles. The van der Waals surface area contributed by atoms with Gasteiger partial charge in [-0.2, -0.15) is 0 Å². The van der Waals surface area contributed by atoms with Crippen LogP contribution in [0.1, 0.15) is 43.1 Å². The van der Waals surface area contributed by atoms with Crippen LogP contribution in [0, 0.1) is 5.92 Å². The van der Waals surface area contributed by atoms with E-state index in [-0.39, 0.29) is 11.4 Å². The molecular weight excluding hydrogens is 228 g/mol. The van der Waals surface area contributed by atoms with E-state index in [9.17, 15) is 4.79 Å². The average Bonchev–Trinajstić information content (AvgIpc) is 2.75. The first kappa shape index (κ1) is 13.1. The Labute approximate surface area is 108 Å². The Bertz CT molecular complexity index is 428. The zero-order chi connectivity index (χ0) is 13.2. The molecule has 1 aliphatic rings. The molecule has 3 N–H and O–H groups in total. The lowest BCUT2D eigenvalue weighted by molar-refractivity contribution is 0.0845. The van der Waals surface area contributed by atoms with Gasteiger partial charge in [0.15, 0.2) is 0 Å². The highest BCUT2D eigenvalue weighted by Crippen LogP contribution is 2.31. The molecule has 0 spiro atoms. The maximum atomic E-state index is 12.2. The molecule has 1 aliphatic carbocycles. The molecular formula is C13H22N4O. The minimum Gasteiger partial charge on any atom is -0.344 e. The van der Waals surface area contributed by atoms with Crippen molar-refractivity contribution in [2.75, 3.05) is 6.54 Å². The fourth-order valence-electron chi connectivity index (χ4n) is 2.89. The first-order valence-corrected chi connectivity index (χ1v) is 6.55. The topological polar surface area (TPSA) is 72.9 Å². The number of aryl methyl sites for hydroxylation is 1. The van der Waals surface area contributed by atoms with Gasteiger partial charge in [-0.1, -0.05) is 19.8 Å². The molecule has 5 heteroatoms. The summed E-state index contributed by atoms with van der Waals surface area (Å²) < 4.78 is 1.73. The van der Waals surface area contributed by atoms with Crippen molar-refractivity contribution >= 4 is 5.91 Å². The number of rotatable bonds is 3. The van der Waals surface area contributed by atoms with Gasteiger partial charge in [-0.05, 0) is 18.8 Å². The number of nitrogens with two attached hydrogens (primary N) is 1. The predicted molar refractivity (Wildman–Crippen MR) is 70.1 cm³/mol. The highest BCUT2D eigenvalue weighted by molar-refractivity contribution is 5.92. The lowest BCUT2D eigenvalue weighted by Gasteiger charge is -2.39. The van der Waals surface area contributed by atoms with Crippen molar-refractivity contribution in [2.24, 2.45) is 18.7 Å². The Morgan fingerprint density at radius 2 is 2.50 bits per heavy atom. The largest absolute Gasteiger partial charge is 0.344 e. The summed E-state index contributed by atoms with van der Waals surface area (Å²) in [5.41, 5.74) is 6.25. The SMILES string of the molecule is CC1CCCC(CN)(NC(=O)c2cncn2C)C1. The van der Waals surface area contributed by atoms with E-state index in [4.69, 9.17) is 5.73 Å². The second-order valence-electron chi connectivity index (χ2n) is 5.53. The molecule has 1 aromatic heterocycles. The van der Waals surface area contributed by atoms with Crippen molar-refractivity contribution in [3.63, 3.8) is 0 Å². The Morgan fingerprint density at radius 1 is 1.72 bits per heavy atom. The van der Waals surface area contributed by atoms with Crippen LogP contribution < -0.4 is 11.1 Å². The molecule has 0 saturated heterocycles. The fraction of sp³-hybridized carbons (Fsp3) is 0.692. The maximum absolute atomic E-state index is 12.2. The second kappa shape index (κ2) is 5.10. The number of hydrogen-bond donors (Lipinski definition) is 2. The molecule has 0 bridgehead atoms. The smallest absolute Gasteiger partial charge is 0.270 e. The summed E-state index contributed by atoms with van der Waals surface area (Å²) >= 11 is 0. The van der Waals surface area contributed by atoms with Crippen molar-refractivity contribution in [1.29, 1.82) is 0 Å². The summed E-state index contributed by atoms with van der Waals surface area (Å²) in [7, 11) is 1.82. The lowest BCUT2D eigenvalue weighted by Crippen LogP contribution is -2.56. The van der Waals surface area contributed by atoms with Gasteiger partial charge in [0.1, 0.15) is 5.69 Å². The highest BCUT2D eigenvalue weighted by atomic mass is 16.2. The molecule has 2 atom stereocenters. The number of carbonyl (C=O) groups excluding carboxylic acids is 1. The average molecular weight is 250 g/mol. The predicted octanol–water partition coefficient (Wildman–Crippen LogP) is 1.06. The first-order valence-electron chi connectivity index (χ1n) is 6.55. The van der Waals surface area contributed by atoms with Crippen LogP contribution in [-0.2, 0) is 7.05 Å². The third-order valence-corrected chi connectivity index (χ3v) is 3.91. The molecule has 1 saturated carbocycles. The number of nitrogens with zero attached hydrogens (tertiary/aromatic N) is 2. The van der Waals surface area contributed by atoms with Crippen LogP contribution in [0.5, 0.6) is 0 Å². The van der Waals surface area contributed by atoms with Gasteiger partial charge in [-0.25, -0.2) is 4.98 Å². The first-order chi connectivity index (χ1) is 8.56. The van der Waals surface area contributed by atoms with Crippen LogP contribution >= 0.6 is 0 Å². The van der Waals surface area contributed by atoms with E-state index in [1.54, 1.807) is 17.1 Å². The van der Waals surface area contributed by atoms with Gasteiger partial charge < -0.3 is 15.6 Å². The van der Waals surface area contributed by atoms with Crippen LogP contribution in [0.15, 0.2) is 12.5 Å². The zero-order valence-electron chi connectivity index (χ0n) is 11.1. The quantitative estimate of drug-likeness (QED) is 0.842. The summed E-state index contributed by atoms with van der Waals surface area (Å²) in [4.78, 5) is 16.2. The van der Waals surface area contributed by atoms with Gasteiger partial charge in [-0.3, -0.25) is 4.79 Å². The van der Waals surface area contributed by atoms with Gasteiger partial charge in [0, 0.05) is 13.6 Å². The number of imidazole rings is 1. The lowest BCUT2D eigenvalue weighted by atomic mass is 9.76. The van der Waals surface area contributed by atoms with Gasteiger partial charge in [0.25, 0.3) is 5.91 Å². The van der Waals surface area contributed by atoms with Crippen LogP contribution in [0.4, 0.5) is 0 Å². The van der Waals surface area contributed by atoms with Crippen molar-refractivity contribution in [1.82, 2.24) is 14.9 Å². The van der Waals surface area contributed by atoms with E-state index >= 15 is 0 Å². The summed E-state index contributed by atoms with van der Waals surface area (Å²) in [6, 6.07) is 0. The molecule has 0 radical (unpaired) electrons. The van der Waals surface area contributed by atoms with Crippen molar-refractivity contribution in [3.8, 4) is 0 Å². The molecule has 100 valence electrons. The Kier molecular flexibility index (Phi) is 3.71. The van der Waals surface area contributed by atoms with E-state index in [1.165, 1.54) is 6.42 Å². The fourth-order valence-corrected chi connectivity index (χ4v) is 2.89. The Morgan fingerprint density at radius 3 is 3.06 bits per heavy atom. The summed E-state index contributed by atoms with van der Waals surface area (Å²) in [6.07, 6.45) is 7.51. The minimum absolute atomic E-state index is 0.0745. The van der Waals surface area contributed by atoms with Gasteiger partial charge >= 0.3 is 0 Å². The van der Waals surface area contributed by atoms with Gasteiger partial charge in [-0.15, -0.1) is 0 Å². The monoisotopic (exact) mass is 250 g/mol. The number of hydrogen-bond acceptors (Lipinski definition) is 3. The minimum atomic E-state index is -0.237.